The zero-order chi connectivity index (χ0) is 16.3. The molecule has 1 aliphatic heterocycles. The predicted molar refractivity (Wildman–Crippen MR) is 83.9 cm³/mol. The van der Waals surface area contributed by atoms with Gasteiger partial charge < -0.3 is 24.3 Å². The van der Waals surface area contributed by atoms with Crippen LogP contribution in [-0.4, -0.2) is 45.2 Å². The number of rotatable bonds is 5. The monoisotopic (exact) mass is 321 g/mol. The van der Waals surface area contributed by atoms with E-state index < -0.39 is 5.79 Å². The summed E-state index contributed by atoms with van der Waals surface area (Å²) in [6.07, 6.45) is 4.10. The number of nitrogens with one attached hydrogen (secondary N) is 1. The lowest BCUT2D eigenvalue weighted by molar-refractivity contribution is -0.161. The summed E-state index contributed by atoms with van der Waals surface area (Å²) in [6.45, 7) is 0.973. The Morgan fingerprint density at radius 2 is 2.00 bits per heavy atom. The third kappa shape index (κ3) is 3.43. The number of benzene rings is 1. The van der Waals surface area contributed by atoms with E-state index in [1.807, 2.05) is 0 Å². The maximum absolute atomic E-state index is 12.3. The highest BCUT2D eigenvalue weighted by Crippen LogP contribution is 2.39. The van der Waals surface area contributed by atoms with Gasteiger partial charge in [-0.3, -0.25) is 4.79 Å². The van der Waals surface area contributed by atoms with Gasteiger partial charge >= 0.3 is 0 Å². The molecule has 1 aromatic rings. The number of carbonyl (C=O) groups is 1. The molecule has 1 N–H and O–H groups in total. The van der Waals surface area contributed by atoms with Crippen LogP contribution in [0.2, 0.25) is 0 Å². The fourth-order valence-corrected chi connectivity index (χ4v) is 3.18. The van der Waals surface area contributed by atoms with E-state index in [9.17, 15) is 4.79 Å². The summed E-state index contributed by atoms with van der Waals surface area (Å²) in [5, 5.41) is 2.90. The Kier molecular flexibility index (Phi) is 4.73. The van der Waals surface area contributed by atoms with Gasteiger partial charge in [0, 0.05) is 24.9 Å². The lowest BCUT2D eigenvalue weighted by Gasteiger charge is -2.22. The van der Waals surface area contributed by atoms with Gasteiger partial charge in [0.05, 0.1) is 20.8 Å². The molecule has 23 heavy (non-hydrogen) atoms. The molecule has 1 atom stereocenters. The Morgan fingerprint density at radius 1 is 1.26 bits per heavy atom. The Balaban J connectivity index is 1.55. The normalized spacial score (nSPS) is 22.3. The lowest BCUT2D eigenvalue weighted by atomic mass is 10.2. The molecule has 1 unspecified atom stereocenters. The second-order valence-electron chi connectivity index (χ2n) is 5.95. The quantitative estimate of drug-likeness (QED) is 0.900. The Labute approximate surface area is 136 Å². The van der Waals surface area contributed by atoms with E-state index in [2.05, 4.69) is 5.32 Å². The number of hydrogen-bond donors (Lipinski definition) is 1. The van der Waals surface area contributed by atoms with E-state index >= 15 is 0 Å². The predicted octanol–water partition coefficient (Wildman–Crippen LogP) is 2.12. The Morgan fingerprint density at radius 3 is 2.70 bits per heavy atom. The van der Waals surface area contributed by atoms with Gasteiger partial charge in [0.25, 0.3) is 5.91 Å². The Hall–Kier alpha value is -1.79. The van der Waals surface area contributed by atoms with Crippen LogP contribution in [-0.2, 0) is 9.47 Å². The number of carbonyl (C=O) groups excluding carboxylic acids is 1. The highest BCUT2D eigenvalue weighted by Gasteiger charge is 2.43. The fraction of sp³-hybridized carbons (Fsp3) is 0.588. The van der Waals surface area contributed by atoms with Crippen molar-refractivity contribution < 1.29 is 23.7 Å². The number of ether oxygens (including phenoxy) is 4. The summed E-state index contributed by atoms with van der Waals surface area (Å²) in [4.78, 5) is 12.3. The molecule has 2 fully saturated rings. The van der Waals surface area contributed by atoms with Crippen molar-refractivity contribution in [3.8, 4) is 11.5 Å². The van der Waals surface area contributed by atoms with Gasteiger partial charge in [-0.1, -0.05) is 0 Å². The third-order valence-corrected chi connectivity index (χ3v) is 4.42. The van der Waals surface area contributed by atoms with E-state index in [1.165, 1.54) is 0 Å². The first kappa shape index (κ1) is 16.1. The van der Waals surface area contributed by atoms with Crippen LogP contribution in [0.1, 0.15) is 36.0 Å². The second kappa shape index (κ2) is 6.76. The van der Waals surface area contributed by atoms with Crippen LogP contribution in [0.4, 0.5) is 0 Å². The molecule has 6 nitrogen and oxygen atoms in total. The maximum Gasteiger partial charge on any atom is 0.251 e. The van der Waals surface area contributed by atoms with Crippen molar-refractivity contribution in [3.63, 3.8) is 0 Å². The average Bonchev–Trinajstić information content (AvgIpc) is 3.22. The van der Waals surface area contributed by atoms with Crippen LogP contribution in [0, 0.1) is 0 Å². The highest BCUT2D eigenvalue weighted by molar-refractivity contribution is 5.94. The molecule has 0 bridgehead atoms. The standard InChI is InChI=1S/C17H23NO5/c1-20-14-6-5-12(9-15(14)21-2)16(19)18-10-13-11-22-17(23-13)7-3-4-8-17/h5-6,9,13H,3-4,7-8,10-11H2,1-2H3,(H,18,19). The smallest absolute Gasteiger partial charge is 0.251 e. The first-order valence-electron chi connectivity index (χ1n) is 7.98. The molecule has 2 aliphatic rings. The molecule has 1 saturated heterocycles. The van der Waals surface area contributed by atoms with Gasteiger partial charge in [-0.2, -0.15) is 0 Å². The minimum Gasteiger partial charge on any atom is -0.493 e. The number of methoxy groups -OCH3 is 2. The van der Waals surface area contributed by atoms with Crippen molar-refractivity contribution in [2.24, 2.45) is 0 Å². The van der Waals surface area contributed by atoms with Crippen LogP contribution in [0.15, 0.2) is 18.2 Å². The van der Waals surface area contributed by atoms with E-state index in [0.717, 1.165) is 25.7 Å². The van der Waals surface area contributed by atoms with Crippen LogP contribution < -0.4 is 14.8 Å². The first-order valence-corrected chi connectivity index (χ1v) is 7.98. The SMILES string of the molecule is COc1ccc(C(=O)NCC2COC3(CCCC3)O2)cc1OC. The lowest BCUT2D eigenvalue weighted by Crippen LogP contribution is -2.35. The maximum atomic E-state index is 12.3. The first-order chi connectivity index (χ1) is 11.2. The number of amides is 1. The third-order valence-electron chi connectivity index (χ3n) is 4.42. The minimum atomic E-state index is -0.390. The van der Waals surface area contributed by atoms with Crippen LogP contribution in [0.3, 0.4) is 0 Å². The molecule has 1 spiro atoms. The zero-order valence-corrected chi connectivity index (χ0v) is 13.6. The molecular weight excluding hydrogens is 298 g/mol. The molecule has 0 radical (unpaired) electrons. The fourth-order valence-electron chi connectivity index (χ4n) is 3.18. The molecule has 1 aliphatic carbocycles. The molecule has 0 aromatic heterocycles. The zero-order valence-electron chi connectivity index (χ0n) is 13.6. The van der Waals surface area contributed by atoms with E-state index in [-0.39, 0.29) is 12.0 Å². The molecule has 1 aromatic carbocycles. The Bertz CT molecular complexity index is 568. The molecule has 126 valence electrons. The molecule has 6 heteroatoms. The molecular formula is C17H23NO5. The van der Waals surface area contributed by atoms with Crippen LogP contribution in [0.25, 0.3) is 0 Å². The van der Waals surface area contributed by atoms with Gasteiger partial charge in [0.1, 0.15) is 6.10 Å². The van der Waals surface area contributed by atoms with E-state index in [1.54, 1.807) is 32.4 Å². The summed E-state index contributed by atoms with van der Waals surface area (Å²) >= 11 is 0. The van der Waals surface area contributed by atoms with E-state index in [4.69, 9.17) is 18.9 Å². The van der Waals surface area contributed by atoms with E-state index in [0.29, 0.717) is 30.2 Å². The second-order valence-corrected chi connectivity index (χ2v) is 5.95. The van der Waals surface area contributed by atoms with Gasteiger partial charge in [-0.15, -0.1) is 0 Å². The summed E-state index contributed by atoms with van der Waals surface area (Å²) in [6, 6.07) is 5.09. The average molecular weight is 321 g/mol. The minimum absolute atomic E-state index is 0.0859. The molecule has 3 rings (SSSR count). The van der Waals surface area contributed by atoms with Gasteiger partial charge in [-0.25, -0.2) is 0 Å². The van der Waals surface area contributed by atoms with Gasteiger partial charge in [-0.05, 0) is 31.0 Å². The van der Waals surface area contributed by atoms with Crippen molar-refractivity contribution in [2.75, 3.05) is 27.4 Å². The van der Waals surface area contributed by atoms with Crippen molar-refractivity contribution in [1.82, 2.24) is 5.32 Å². The highest BCUT2D eigenvalue weighted by atomic mass is 16.7. The van der Waals surface area contributed by atoms with Crippen molar-refractivity contribution in [3.05, 3.63) is 23.8 Å². The largest absolute Gasteiger partial charge is 0.493 e. The molecule has 1 saturated carbocycles. The number of hydrogen-bond acceptors (Lipinski definition) is 5. The molecule has 1 heterocycles. The van der Waals surface area contributed by atoms with Gasteiger partial charge in [0.2, 0.25) is 0 Å². The van der Waals surface area contributed by atoms with Crippen LogP contribution >= 0.6 is 0 Å². The summed E-state index contributed by atoms with van der Waals surface area (Å²) < 4.78 is 22.2. The van der Waals surface area contributed by atoms with Crippen LogP contribution in [0.5, 0.6) is 11.5 Å². The van der Waals surface area contributed by atoms with Crippen molar-refractivity contribution >= 4 is 5.91 Å². The summed E-state index contributed by atoms with van der Waals surface area (Å²) in [7, 11) is 3.11. The van der Waals surface area contributed by atoms with Crippen molar-refractivity contribution in [2.45, 2.75) is 37.6 Å². The molecule has 1 amide bonds. The summed E-state index contributed by atoms with van der Waals surface area (Å²) in [5.41, 5.74) is 0.525. The van der Waals surface area contributed by atoms with Gasteiger partial charge in [0.15, 0.2) is 17.3 Å². The topological polar surface area (TPSA) is 66.0 Å². The summed E-state index contributed by atoms with van der Waals surface area (Å²) in [5.74, 6) is 0.575. The van der Waals surface area contributed by atoms with Crippen molar-refractivity contribution in [1.29, 1.82) is 0 Å².